The Balaban J connectivity index is 0.000000311. The van der Waals surface area contributed by atoms with Gasteiger partial charge in [0.2, 0.25) is 22.8 Å². The van der Waals surface area contributed by atoms with Crippen molar-refractivity contribution in [2.75, 3.05) is 141 Å². The van der Waals surface area contributed by atoms with Crippen molar-refractivity contribution in [3.8, 4) is 56.4 Å². The minimum absolute atomic E-state index is 0. The van der Waals surface area contributed by atoms with E-state index in [0.29, 0.717) is 91.6 Å². The van der Waals surface area contributed by atoms with Gasteiger partial charge in [0.25, 0.3) is 6.47 Å². The molecule has 0 radical (unpaired) electrons. The second kappa shape index (κ2) is 42.9. The van der Waals surface area contributed by atoms with E-state index in [1.165, 1.54) is 45.0 Å². The Morgan fingerprint density at radius 2 is 0.951 bits per heavy atom. The van der Waals surface area contributed by atoms with Gasteiger partial charge in [-0.1, -0.05) is 60.7 Å². The molecule has 8 aromatic rings. The Hall–Kier alpha value is -5.07. The molecule has 0 aliphatic carbocycles. The average molecular weight is 1670 g/mol. The number of furan rings is 2. The molecule has 0 saturated carbocycles. The molecule has 2 amide bonds. The van der Waals surface area contributed by atoms with Gasteiger partial charge in [0.15, 0.2) is 0 Å². The van der Waals surface area contributed by atoms with Crippen molar-refractivity contribution in [1.82, 2.24) is 39.4 Å². The number of phenolic OH excluding ortho intramolecular Hbond substituents is 1. The van der Waals surface area contributed by atoms with Crippen molar-refractivity contribution in [2.45, 2.75) is 78.4 Å². The van der Waals surface area contributed by atoms with E-state index in [-0.39, 0.29) is 176 Å². The summed E-state index contributed by atoms with van der Waals surface area (Å²) in [5, 5.41) is 26.9. The average Bonchev–Trinajstić information content (AvgIpc) is 1.62. The van der Waals surface area contributed by atoms with Gasteiger partial charge in [0.1, 0.15) is 40.8 Å². The van der Waals surface area contributed by atoms with E-state index < -0.39 is 11.2 Å². The number of hydrogen-bond acceptors (Lipinski definition) is 19. The summed E-state index contributed by atoms with van der Waals surface area (Å²) in [5.41, 5.74) is 7.51. The summed E-state index contributed by atoms with van der Waals surface area (Å²) >= 11 is 5.54. The Morgan fingerprint density at radius 1 is 0.578 bits per heavy atom. The molecular weight excluding hydrogens is 1580 g/mol. The van der Waals surface area contributed by atoms with Crippen molar-refractivity contribution in [2.24, 2.45) is 0 Å². The number of aromatic hydroxyl groups is 1. The number of aromatic nitrogens is 2. The van der Waals surface area contributed by atoms with Crippen molar-refractivity contribution in [1.29, 1.82) is 0 Å². The quantitative estimate of drug-likeness (QED) is 0.0230. The minimum Gasteiger partial charge on any atom is -1.00 e. The maximum atomic E-state index is 12.5. The van der Waals surface area contributed by atoms with E-state index in [4.69, 9.17) is 57.8 Å². The third-order valence-corrected chi connectivity index (χ3v) is 17.2. The summed E-state index contributed by atoms with van der Waals surface area (Å²) in [6.45, 7) is 42.5. The first-order valence-corrected chi connectivity index (χ1v) is 34.3. The minimum atomic E-state index is -0.511. The summed E-state index contributed by atoms with van der Waals surface area (Å²) in [6.07, 6.45) is 7.87. The first kappa shape index (κ1) is 85.9. The van der Waals surface area contributed by atoms with Gasteiger partial charge in [0.05, 0.1) is 35.3 Å². The van der Waals surface area contributed by atoms with Gasteiger partial charge in [0, 0.05) is 132 Å². The third-order valence-electron chi connectivity index (χ3n) is 17.0. The van der Waals surface area contributed by atoms with Gasteiger partial charge in [-0.15, -0.1) is 24.0 Å². The Morgan fingerprint density at radius 3 is 1.31 bits per heavy atom. The largest absolute Gasteiger partial charge is 1.00 e. The van der Waals surface area contributed by atoms with Crippen LogP contribution in [-0.2, 0) is 19.2 Å². The zero-order valence-corrected chi connectivity index (χ0v) is 74.0. The van der Waals surface area contributed by atoms with Crippen LogP contribution in [0.5, 0.6) is 11.5 Å². The molecule has 102 heavy (non-hydrogen) atoms. The number of amides is 2. The van der Waals surface area contributed by atoms with Crippen LogP contribution in [0.1, 0.15) is 68.7 Å². The molecule has 4 fully saturated rings. The number of likely N-dealkylation sites (tertiary alicyclic amines) is 2. The van der Waals surface area contributed by atoms with Crippen molar-refractivity contribution in [3.63, 3.8) is 0 Å². The number of anilines is 2. The molecule has 4 aromatic carbocycles. The molecule has 8 heterocycles. The Bertz CT molecular complexity index is 4000. The number of pyridine rings is 2. The van der Waals surface area contributed by atoms with Crippen molar-refractivity contribution in [3.05, 3.63) is 144 Å². The number of halogens is 2. The molecule has 3 N–H and O–H groups in total. The standard InChI is InChI=1S/C37H44N6O4.C31H33N5O4.C6H12ClN.CH2O3.ClH.2Cs.H/c1-37(2,3)47-36(44)43-22-20-42(21-23-43)19-16-39-33-30(38-4)26-40-35-32(33)31(27-10-6-5-7-11-27)34(46-35)28-12-14-29(15-13-28)45-25-24-41-17-8-9-18-41;1-31(2,3)40-30(38)36-18-16-35(17-19-36)15-14-33-27-24(32-4)20-34-29-26(27)25(21-8-6-5-7-9-21)28(39-29)22-10-12-23(37)13-11-22;7-3-6-8-4-1-2-5-8;2-1-4-3;;;;/h5-7,10-15,26H,8-9,16-25H2,1-3H3,(H,39,40);5-13,20,37H,14-19H2,1-3H3,(H,33,34);1-6H2;1,3H;1H;;;/q;;;;;2*+1;-1/p-1. The van der Waals surface area contributed by atoms with Crippen molar-refractivity contribution >= 4 is 87.6 Å². The molecule has 0 atom stereocenters. The number of rotatable bonds is 19. The number of alkyl halides is 1. The van der Waals surface area contributed by atoms with Crippen LogP contribution in [0.25, 0.3) is 76.8 Å². The Kier molecular flexibility index (Phi) is 36.1. The normalized spacial score (nSPS) is 14.8. The number of fused-ring (bicyclic) bond motifs is 2. The molecule has 0 unspecified atom stereocenters. The summed E-state index contributed by atoms with van der Waals surface area (Å²) in [6, 6.07) is 34.9. The number of benzene rings is 4. The van der Waals surface area contributed by atoms with Crippen LogP contribution in [0.4, 0.5) is 32.3 Å². The first-order chi connectivity index (χ1) is 47.9. The summed E-state index contributed by atoms with van der Waals surface area (Å²) in [5.74, 6) is 3.11. The molecule has 4 aliphatic heterocycles. The van der Waals surface area contributed by atoms with E-state index in [2.05, 4.69) is 66.9 Å². The number of ether oxygens (including phenoxy) is 3. The second-order valence-corrected chi connectivity index (χ2v) is 26.7. The molecular formula is C75H92Cl2Cs2N12O11. The zero-order chi connectivity index (χ0) is 70.3. The number of phenols is 1. The van der Waals surface area contributed by atoms with Crippen LogP contribution in [0.3, 0.4) is 0 Å². The fraction of sp³-hybridized carbons (Fsp3) is 0.427. The number of hydrogen-bond donors (Lipinski definition) is 3. The third kappa shape index (κ3) is 25.0. The van der Waals surface area contributed by atoms with Crippen LogP contribution in [-0.4, -0.2) is 205 Å². The van der Waals surface area contributed by atoms with Gasteiger partial charge in [-0.25, -0.2) is 29.2 Å². The SMILES string of the molecule is Cl.ClCCN1CCCC1.O=CO[O-].[C-]#[N+]c1cnc2oc(-c3ccc(O)cc3)c(-c3ccccc3)c2c1NCCN1CCN(C(=O)OC(C)(C)C)CC1.[C-]#[N+]c1cnc2oc(-c3ccc(OCCN4CCCC4)cc3)c(-c3ccccc3)c2c1NCCN1CCN(C(=O)OC(C)(C)C)CC1.[Cs+].[Cs+].[H-]. The molecule has 534 valence electrons. The Labute approximate surface area is 728 Å². The zero-order valence-electron chi connectivity index (χ0n) is 60.9. The molecule has 12 rings (SSSR count). The van der Waals surface area contributed by atoms with Gasteiger partial charge < -0.3 is 65.1 Å². The summed E-state index contributed by atoms with van der Waals surface area (Å²) < 4.78 is 29.9. The maximum Gasteiger partial charge on any atom is 1.00 e. The number of nitrogens with one attached hydrogen (secondary N) is 2. The molecule has 0 bridgehead atoms. The van der Waals surface area contributed by atoms with Gasteiger partial charge in [-0.2, -0.15) is 0 Å². The van der Waals surface area contributed by atoms with Crippen LogP contribution < -0.4 is 158 Å². The fourth-order valence-corrected chi connectivity index (χ4v) is 12.4. The number of piperazine rings is 2. The van der Waals surface area contributed by atoms with E-state index >= 15 is 0 Å². The number of carbonyl (C=O) groups excluding carboxylic acids is 3. The fourth-order valence-electron chi connectivity index (χ4n) is 12.2. The van der Waals surface area contributed by atoms with Crippen LogP contribution in [0, 0.1) is 13.1 Å². The van der Waals surface area contributed by atoms with Crippen LogP contribution in [0.2, 0.25) is 0 Å². The number of carbonyl (C=O) groups is 3. The maximum absolute atomic E-state index is 12.5. The van der Waals surface area contributed by atoms with E-state index in [0.717, 1.165) is 121 Å². The van der Waals surface area contributed by atoms with E-state index in [9.17, 15) is 14.7 Å². The topological polar surface area (TPSA) is 236 Å². The monoisotopic (exact) mass is 1670 g/mol. The van der Waals surface area contributed by atoms with Gasteiger partial charge in [-0.3, -0.25) is 19.5 Å². The van der Waals surface area contributed by atoms with Crippen LogP contribution in [0.15, 0.2) is 130 Å². The first-order valence-electron chi connectivity index (χ1n) is 33.8. The second-order valence-electron chi connectivity index (χ2n) is 26.3. The van der Waals surface area contributed by atoms with E-state index in [1.54, 1.807) is 40.3 Å². The molecule has 0 spiro atoms. The summed E-state index contributed by atoms with van der Waals surface area (Å²) in [4.78, 5) is 65.8. The number of nitrogens with zero attached hydrogens (tertiary/aromatic N) is 10. The molecule has 4 aliphatic rings. The molecule has 4 aromatic heterocycles. The van der Waals surface area contributed by atoms with Crippen LogP contribution >= 0.6 is 24.0 Å². The molecule has 23 nitrogen and oxygen atoms in total. The van der Waals surface area contributed by atoms with Gasteiger partial charge in [-0.05, 0) is 153 Å². The van der Waals surface area contributed by atoms with Gasteiger partial charge >= 0.3 is 150 Å². The molecule has 4 saturated heterocycles. The summed E-state index contributed by atoms with van der Waals surface area (Å²) in [7, 11) is 0. The van der Waals surface area contributed by atoms with Crippen molar-refractivity contribution < 1.29 is 192 Å². The predicted molar refractivity (Wildman–Crippen MR) is 392 cm³/mol. The smallest absolute Gasteiger partial charge is 1.00 e. The molecule has 27 heteroatoms. The van der Waals surface area contributed by atoms with E-state index in [1.807, 2.05) is 114 Å². The predicted octanol–water partition coefficient (Wildman–Crippen LogP) is 7.83.